The Hall–Kier alpha value is -0.920. The third-order valence-electron chi connectivity index (χ3n) is 3.20. The second-order valence-electron chi connectivity index (χ2n) is 4.49. The van der Waals surface area contributed by atoms with Crippen LogP contribution in [0.2, 0.25) is 0 Å². The minimum Gasteiger partial charge on any atom is -0.378 e. The Morgan fingerprint density at radius 3 is 2.88 bits per heavy atom. The predicted molar refractivity (Wildman–Crippen MR) is 66.0 cm³/mol. The van der Waals surface area contributed by atoms with E-state index in [0.717, 1.165) is 5.56 Å². The molecule has 0 N–H and O–H groups in total. The van der Waals surface area contributed by atoms with Crippen molar-refractivity contribution in [1.82, 2.24) is 0 Å². The number of nitriles is 1. The third kappa shape index (κ3) is 2.51. The van der Waals surface area contributed by atoms with E-state index in [0.29, 0.717) is 23.9 Å². The summed E-state index contributed by atoms with van der Waals surface area (Å²) >= 11 is 3.27. The first-order valence-corrected chi connectivity index (χ1v) is 6.34. The highest BCUT2D eigenvalue weighted by Crippen LogP contribution is 2.37. The van der Waals surface area contributed by atoms with Crippen molar-refractivity contribution in [1.29, 1.82) is 5.26 Å². The van der Waals surface area contributed by atoms with Gasteiger partial charge in [0.05, 0.1) is 17.6 Å². The monoisotopic (exact) mass is 297 g/mol. The molecule has 0 unspecified atom stereocenters. The molecule has 4 heteroatoms. The largest absolute Gasteiger partial charge is 0.378 e. The Morgan fingerprint density at radius 1 is 1.53 bits per heavy atom. The lowest BCUT2D eigenvalue weighted by Crippen LogP contribution is -2.36. The van der Waals surface area contributed by atoms with Crippen molar-refractivity contribution < 1.29 is 9.13 Å². The van der Waals surface area contributed by atoms with Gasteiger partial charge in [-0.2, -0.15) is 5.26 Å². The summed E-state index contributed by atoms with van der Waals surface area (Å²) in [6, 6.07) is 7.03. The minimum atomic E-state index is -0.623. The molecule has 0 radical (unpaired) electrons. The number of hydrogen-bond donors (Lipinski definition) is 0. The molecule has 17 heavy (non-hydrogen) atoms. The number of nitrogens with zero attached hydrogens (tertiary/aromatic N) is 1. The molecule has 1 fully saturated rings. The Balaban J connectivity index is 2.44. The zero-order chi connectivity index (χ0) is 12.5. The summed E-state index contributed by atoms with van der Waals surface area (Å²) in [4.78, 5) is 0. The highest BCUT2D eigenvalue weighted by molar-refractivity contribution is 9.10. The van der Waals surface area contributed by atoms with Crippen molar-refractivity contribution in [3.8, 4) is 6.07 Å². The van der Waals surface area contributed by atoms with E-state index in [-0.39, 0.29) is 11.9 Å². The van der Waals surface area contributed by atoms with Crippen LogP contribution in [0.5, 0.6) is 0 Å². The standard InChI is InChI=1S/C13H13BrFNO/c1-9-7-13(8-16,2-3-17-9)10-4-11(14)6-12(15)5-10/h4-6,9H,2-3,7H2,1H3/t9-,13+/m0/s1. The fourth-order valence-electron chi connectivity index (χ4n) is 2.34. The first-order valence-electron chi connectivity index (χ1n) is 5.55. The molecule has 90 valence electrons. The van der Waals surface area contributed by atoms with Gasteiger partial charge in [0.15, 0.2) is 0 Å². The van der Waals surface area contributed by atoms with Gasteiger partial charge in [0.2, 0.25) is 0 Å². The van der Waals surface area contributed by atoms with Gasteiger partial charge in [-0.1, -0.05) is 15.9 Å². The van der Waals surface area contributed by atoms with Gasteiger partial charge in [0, 0.05) is 11.1 Å². The molecular formula is C13H13BrFNO. The van der Waals surface area contributed by atoms with Crippen LogP contribution in [-0.4, -0.2) is 12.7 Å². The maximum absolute atomic E-state index is 13.4. The normalized spacial score (nSPS) is 28.7. The van der Waals surface area contributed by atoms with Gasteiger partial charge in [0.1, 0.15) is 5.82 Å². The summed E-state index contributed by atoms with van der Waals surface area (Å²) in [5.41, 5.74) is 0.115. The van der Waals surface area contributed by atoms with Gasteiger partial charge in [0.25, 0.3) is 0 Å². The van der Waals surface area contributed by atoms with Crippen molar-refractivity contribution >= 4 is 15.9 Å². The number of hydrogen-bond acceptors (Lipinski definition) is 2. The van der Waals surface area contributed by atoms with Crippen LogP contribution in [0.4, 0.5) is 4.39 Å². The Morgan fingerprint density at radius 2 is 2.29 bits per heavy atom. The fraction of sp³-hybridized carbons (Fsp3) is 0.462. The second kappa shape index (κ2) is 4.75. The van der Waals surface area contributed by atoms with Crippen molar-refractivity contribution in [3.63, 3.8) is 0 Å². The lowest BCUT2D eigenvalue weighted by atomic mass is 9.74. The molecule has 1 aromatic rings. The molecule has 0 bridgehead atoms. The van der Waals surface area contributed by atoms with Crippen molar-refractivity contribution in [3.05, 3.63) is 34.1 Å². The van der Waals surface area contributed by atoms with E-state index in [1.807, 2.05) is 13.0 Å². The SMILES string of the molecule is C[C@H]1C[C@](C#N)(c2cc(F)cc(Br)c2)CCO1. The maximum atomic E-state index is 13.4. The molecule has 1 aliphatic heterocycles. The van der Waals surface area contributed by atoms with E-state index in [1.54, 1.807) is 0 Å². The van der Waals surface area contributed by atoms with Gasteiger partial charge in [-0.15, -0.1) is 0 Å². The molecule has 0 aliphatic carbocycles. The molecule has 1 aromatic carbocycles. The lowest BCUT2D eigenvalue weighted by Gasteiger charge is -2.34. The highest BCUT2D eigenvalue weighted by Gasteiger charge is 2.37. The van der Waals surface area contributed by atoms with E-state index < -0.39 is 5.41 Å². The van der Waals surface area contributed by atoms with E-state index in [2.05, 4.69) is 22.0 Å². The van der Waals surface area contributed by atoms with Crippen LogP contribution in [0.25, 0.3) is 0 Å². The van der Waals surface area contributed by atoms with Crippen molar-refractivity contribution in [2.45, 2.75) is 31.3 Å². The second-order valence-corrected chi connectivity index (χ2v) is 5.40. The van der Waals surface area contributed by atoms with Crippen LogP contribution in [0.3, 0.4) is 0 Å². The minimum absolute atomic E-state index is 0.0328. The van der Waals surface area contributed by atoms with Crippen molar-refractivity contribution in [2.75, 3.05) is 6.61 Å². The van der Waals surface area contributed by atoms with E-state index >= 15 is 0 Å². The Kier molecular flexibility index (Phi) is 3.50. The molecule has 0 spiro atoms. The first kappa shape index (κ1) is 12.5. The average molecular weight is 298 g/mol. The Bertz CT molecular complexity index is 451. The summed E-state index contributed by atoms with van der Waals surface area (Å²) in [5.74, 6) is -0.317. The number of halogens is 2. The van der Waals surface area contributed by atoms with Crippen LogP contribution in [0.1, 0.15) is 25.3 Å². The van der Waals surface area contributed by atoms with Gasteiger partial charge in [-0.3, -0.25) is 0 Å². The lowest BCUT2D eigenvalue weighted by molar-refractivity contribution is 0.00346. The quantitative estimate of drug-likeness (QED) is 0.794. The molecule has 0 amide bonds. The highest BCUT2D eigenvalue weighted by atomic mass is 79.9. The molecule has 1 aliphatic rings. The Labute approximate surface area is 109 Å². The zero-order valence-electron chi connectivity index (χ0n) is 9.54. The molecule has 2 rings (SSSR count). The van der Waals surface area contributed by atoms with Gasteiger partial charge in [-0.25, -0.2) is 4.39 Å². The molecule has 0 aromatic heterocycles. The molecular weight excluding hydrogens is 285 g/mol. The van der Waals surface area contributed by atoms with E-state index in [1.165, 1.54) is 12.1 Å². The van der Waals surface area contributed by atoms with Gasteiger partial charge in [-0.05, 0) is 43.5 Å². The summed E-state index contributed by atoms with van der Waals surface area (Å²) in [6.07, 6.45) is 1.26. The smallest absolute Gasteiger partial charge is 0.124 e. The number of ether oxygens (including phenoxy) is 1. The summed E-state index contributed by atoms with van der Waals surface area (Å²) in [6.45, 7) is 2.49. The van der Waals surface area contributed by atoms with Crippen molar-refractivity contribution in [2.24, 2.45) is 0 Å². The molecule has 1 saturated heterocycles. The van der Waals surface area contributed by atoms with Crippen LogP contribution >= 0.6 is 15.9 Å². The molecule has 0 saturated carbocycles. The molecule has 2 nitrogen and oxygen atoms in total. The van der Waals surface area contributed by atoms with Crippen LogP contribution in [0, 0.1) is 17.1 Å². The number of benzene rings is 1. The topological polar surface area (TPSA) is 33.0 Å². The summed E-state index contributed by atoms with van der Waals surface area (Å²) in [7, 11) is 0. The van der Waals surface area contributed by atoms with E-state index in [4.69, 9.17) is 4.74 Å². The van der Waals surface area contributed by atoms with Gasteiger partial charge < -0.3 is 4.74 Å². The summed E-state index contributed by atoms with van der Waals surface area (Å²) in [5, 5.41) is 9.45. The third-order valence-corrected chi connectivity index (χ3v) is 3.65. The number of rotatable bonds is 1. The molecule has 1 heterocycles. The van der Waals surface area contributed by atoms with Gasteiger partial charge >= 0.3 is 0 Å². The fourth-order valence-corrected chi connectivity index (χ4v) is 2.81. The van der Waals surface area contributed by atoms with Crippen LogP contribution in [0.15, 0.2) is 22.7 Å². The summed E-state index contributed by atoms with van der Waals surface area (Å²) < 4.78 is 19.5. The molecule has 2 atom stereocenters. The average Bonchev–Trinajstić information content (AvgIpc) is 2.27. The maximum Gasteiger partial charge on any atom is 0.124 e. The first-order chi connectivity index (χ1) is 8.05. The van der Waals surface area contributed by atoms with Crippen LogP contribution < -0.4 is 0 Å². The zero-order valence-corrected chi connectivity index (χ0v) is 11.1. The predicted octanol–water partition coefficient (Wildman–Crippen LogP) is 3.55. The van der Waals surface area contributed by atoms with Crippen LogP contribution in [-0.2, 0) is 10.2 Å². The van der Waals surface area contributed by atoms with E-state index in [9.17, 15) is 9.65 Å².